The van der Waals surface area contributed by atoms with Gasteiger partial charge in [-0.05, 0) is 102 Å². The quantitative estimate of drug-likeness (QED) is 0.164. The molecular formula is C35H60N2O11. The Morgan fingerprint density at radius 2 is 1.33 bits per heavy atom. The van der Waals surface area contributed by atoms with Crippen molar-refractivity contribution < 1.29 is 52.8 Å². The third kappa shape index (κ3) is 24.2. The number of hydrogen-bond acceptors (Lipinski definition) is 11. The molecule has 0 heterocycles. The molecule has 1 aromatic carbocycles. The molecule has 0 fully saturated rings. The topological polar surface area (TPSA) is 175 Å². The fourth-order valence-corrected chi connectivity index (χ4v) is 3.43. The summed E-state index contributed by atoms with van der Waals surface area (Å²) in [6.45, 7) is 22.6. The Hall–Kier alpha value is -4.00. The summed E-state index contributed by atoms with van der Waals surface area (Å²) in [7, 11) is 1.56. The molecule has 0 saturated carbocycles. The SMILES string of the molecule is CC.CC(C)(C)OC=O.CNC(COC(=O)C(CCc1ccccc1)N(C(=O)OC(C)(C)C)C(C)C(C)=O)C(=O)OC(C)(C)C.O=CO. The molecule has 2 N–H and O–H groups in total. The van der Waals surface area contributed by atoms with E-state index in [-0.39, 0.29) is 30.9 Å². The predicted molar refractivity (Wildman–Crippen MR) is 183 cm³/mol. The van der Waals surface area contributed by atoms with Crippen molar-refractivity contribution >= 4 is 36.8 Å². The van der Waals surface area contributed by atoms with Gasteiger partial charge in [0.2, 0.25) is 0 Å². The van der Waals surface area contributed by atoms with Gasteiger partial charge in [0.1, 0.15) is 35.5 Å². The third-order valence-corrected chi connectivity index (χ3v) is 5.60. The molecule has 48 heavy (non-hydrogen) atoms. The Morgan fingerprint density at radius 1 is 0.854 bits per heavy atom. The number of likely N-dealkylation sites (N-methyl/N-ethyl adjacent to an activating group) is 1. The van der Waals surface area contributed by atoms with Gasteiger partial charge in [0.05, 0.1) is 6.04 Å². The maximum atomic E-state index is 13.4. The maximum absolute atomic E-state index is 13.4. The van der Waals surface area contributed by atoms with Gasteiger partial charge in [0.25, 0.3) is 12.9 Å². The number of nitrogens with one attached hydrogen (secondary N) is 1. The number of benzene rings is 1. The van der Waals surface area contributed by atoms with Crippen LogP contribution in [0.15, 0.2) is 30.3 Å². The van der Waals surface area contributed by atoms with E-state index < -0.39 is 47.4 Å². The minimum Gasteiger partial charge on any atom is -0.483 e. The largest absolute Gasteiger partial charge is 0.483 e. The van der Waals surface area contributed by atoms with Gasteiger partial charge < -0.3 is 29.4 Å². The van der Waals surface area contributed by atoms with E-state index in [9.17, 15) is 24.0 Å². The van der Waals surface area contributed by atoms with Crippen molar-refractivity contribution in [1.29, 1.82) is 0 Å². The molecule has 1 aromatic rings. The summed E-state index contributed by atoms with van der Waals surface area (Å²) in [6.07, 6.45) is -0.153. The number of rotatable bonds is 12. The number of amides is 1. The van der Waals surface area contributed by atoms with E-state index in [1.807, 2.05) is 65.0 Å². The van der Waals surface area contributed by atoms with Gasteiger partial charge in [-0.2, -0.15) is 0 Å². The molecule has 0 aliphatic carbocycles. The maximum Gasteiger partial charge on any atom is 0.411 e. The second kappa shape index (κ2) is 24.2. The average Bonchev–Trinajstić information content (AvgIpc) is 2.95. The third-order valence-electron chi connectivity index (χ3n) is 5.60. The number of ether oxygens (including phenoxy) is 4. The first kappa shape index (κ1) is 48.4. The molecule has 1 amide bonds. The van der Waals surface area contributed by atoms with Gasteiger partial charge >= 0.3 is 18.0 Å². The van der Waals surface area contributed by atoms with Crippen LogP contribution in [0.5, 0.6) is 0 Å². The van der Waals surface area contributed by atoms with Gasteiger partial charge in [-0.15, -0.1) is 0 Å². The summed E-state index contributed by atoms with van der Waals surface area (Å²) in [4.78, 5) is 70.4. The molecule has 276 valence electrons. The Bertz CT molecular complexity index is 1090. The lowest BCUT2D eigenvalue weighted by atomic mass is 10.0. The predicted octanol–water partition coefficient (Wildman–Crippen LogP) is 5.36. The smallest absolute Gasteiger partial charge is 0.411 e. The van der Waals surface area contributed by atoms with Crippen LogP contribution in [0.3, 0.4) is 0 Å². The molecule has 0 spiro atoms. The fraction of sp³-hybridized carbons (Fsp3) is 0.657. The van der Waals surface area contributed by atoms with Crippen molar-refractivity contribution in [2.45, 2.75) is 138 Å². The van der Waals surface area contributed by atoms with E-state index in [0.717, 1.165) is 10.5 Å². The minimum atomic E-state index is -1.12. The summed E-state index contributed by atoms with van der Waals surface area (Å²) in [6, 6.07) is 6.52. The van der Waals surface area contributed by atoms with Crippen LogP contribution in [0.1, 0.15) is 102 Å². The molecule has 0 aliphatic rings. The van der Waals surface area contributed by atoms with Crippen LogP contribution in [0.2, 0.25) is 0 Å². The first-order chi connectivity index (χ1) is 22.0. The highest BCUT2D eigenvalue weighted by Crippen LogP contribution is 2.20. The van der Waals surface area contributed by atoms with E-state index in [1.165, 1.54) is 6.92 Å². The van der Waals surface area contributed by atoms with E-state index in [2.05, 4.69) is 10.1 Å². The fourth-order valence-electron chi connectivity index (χ4n) is 3.43. The minimum absolute atomic E-state index is 0.191. The molecular weight excluding hydrogens is 624 g/mol. The molecule has 13 heteroatoms. The lowest BCUT2D eigenvalue weighted by Crippen LogP contribution is -2.54. The average molecular weight is 685 g/mol. The van der Waals surface area contributed by atoms with Gasteiger partial charge in [-0.25, -0.2) is 9.59 Å². The Morgan fingerprint density at radius 3 is 1.69 bits per heavy atom. The monoisotopic (exact) mass is 684 g/mol. The molecule has 13 nitrogen and oxygen atoms in total. The van der Waals surface area contributed by atoms with Crippen LogP contribution in [0.25, 0.3) is 0 Å². The summed E-state index contributed by atoms with van der Waals surface area (Å²) in [5, 5.41) is 9.68. The second-order valence-corrected chi connectivity index (χ2v) is 13.2. The standard InChI is InChI=1S/C27H42N2O7.C5H10O2.C2H6.CH2O2/c1-18(19(2)30)29(25(33)36-27(6,7)8)22(16-15-20-13-11-10-12-14-20)24(32)34-17-21(28-9)23(31)35-26(3,4)5;1-5(2,3)7-4-6;1-2;2-1-3/h10-14,18,21-22,28H,15-17H2,1-9H3;4H,1-3H3;1-2H3;1H,(H,2,3). The van der Waals surface area contributed by atoms with E-state index in [0.29, 0.717) is 12.9 Å². The zero-order valence-corrected chi connectivity index (χ0v) is 31.4. The summed E-state index contributed by atoms with van der Waals surface area (Å²) in [5.74, 6) is -1.62. The van der Waals surface area contributed by atoms with Crippen molar-refractivity contribution in [1.82, 2.24) is 10.2 Å². The number of carboxylic acid groups (broad SMARTS) is 1. The molecule has 0 saturated heterocycles. The lowest BCUT2D eigenvalue weighted by Gasteiger charge is -2.35. The summed E-state index contributed by atoms with van der Waals surface area (Å²) in [5.41, 5.74) is -0.911. The Balaban J connectivity index is -0.00000145. The van der Waals surface area contributed by atoms with Crippen molar-refractivity contribution in [2.75, 3.05) is 13.7 Å². The number of nitrogens with zero attached hydrogens (tertiary/aromatic N) is 1. The van der Waals surface area contributed by atoms with E-state index in [1.54, 1.807) is 55.5 Å². The molecule has 1 rings (SSSR count). The highest BCUT2D eigenvalue weighted by Gasteiger charge is 2.39. The first-order valence-corrected chi connectivity index (χ1v) is 15.8. The zero-order chi connectivity index (χ0) is 38.3. The zero-order valence-electron chi connectivity index (χ0n) is 31.4. The molecule has 0 radical (unpaired) electrons. The summed E-state index contributed by atoms with van der Waals surface area (Å²) < 4.78 is 21.0. The van der Waals surface area contributed by atoms with Crippen LogP contribution in [0, 0.1) is 0 Å². The van der Waals surface area contributed by atoms with Crippen LogP contribution >= 0.6 is 0 Å². The highest BCUT2D eigenvalue weighted by atomic mass is 16.6. The van der Waals surface area contributed by atoms with Crippen LogP contribution in [0.4, 0.5) is 4.79 Å². The number of hydrogen-bond donors (Lipinski definition) is 2. The molecule has 0 aliphatic heterocycles. The van der Waals surface area contributed by atoms with E-state index in [4.69, 9.17) is 24.1 Å². The lowest BCUT2D eigenvalue weighted by molar-refractivity contribution is -0.162. The number of carbonyl (C=O) groups excluding carboxylic acids is 5. The first-order valence-electron chi connectivity index (χ1n) is 15.8. The van der Waals surface area contributed by atoms with E-state index >= 15 is 0 Å². The Labute approximate surface area is 287 Å². The van der Waals surface area contributed by atoms with Crippen molar-refractivity contribution in [2.24, 2.45) is 0 Å². The van der Waals surface area contributed by atoms with Gasteiger partial charge in [-0.3, -0.25) is 24.1 Å². The summed E-state index contributed by atoms with van der Waals surface area (Å²) >= 11 is 0. The van der Waals surface area contributed by atoms with Crippen LogP contribution in [-0.4, -0.2) is 95.3 Å². The van der Waals surface area contributed by atoms with Crippen molar-refractivity contribution in [3.8, 4) is 0 Å². The second-order valence-electron chi connectivity index (χ2n) is 13.2. The molecule has 0 bridgehead atoms. The van der Waals surface area contributed by atoms with Crippen LogP contribution in [-0.2, 0) is 49.3 Å². The number of esters is 2. The van der Waals surface area contributed by atoms with Crippen LogP contribution < -0.4 is 5.32 Å². The number of ketones is 1. The number of aryl methyl sites for hydroxylation is 1. The normalized spacial score (nSPS) is 12.6. The van der Waals surface area contributed by atoms with Gasteiger partial charge in [-0.1, -0.05) is 44.2 Å². The molecule has 3 unspecified atom stereocenters. The number of Topliss-reactive ketones (excluding diaryl/α,β-unsaturated/α-hetero) is 1. The van der Waals surface area contributed by atoms with Gasteiger partial charge in [0.15, 0.2) is 5.78 Å². The molecule has 3 atom stereocenters. The van der Waals surface area contributed by atoms with Crippen molar-refractivity contribution in [3.05, 3.63) is 35.9 Å². The highest BCUT2D eigenvalue weighted by molar-refractivity contribution is 5.89. The molecule has 0 aromatic heterocycles. The number of carbonyl (C=O) groups is 6. The van der Waals surface area contributed by atoms with Gasteiger partial charge in [0, 0.05) is 0 Å². The Kier molecular flexibility index (Phi) is 24.4. The van der Waals surface area contributed by atoms with Crippen molar-refractivity contribution in [3.63, 3.8) is 0 Å².